The number of ether oxygens (including phenoxy) is 1. The molecule has 0 aromatic heterocycles. The van der Waals surface area contributed by atoms with Crippen LogP contribution in [0.1, 0.15) is 35.2 Å². The summed E-state index contributed by atoms with van der Waals surface area (Å²) in [6.45, 7) is 2.44. The molecule has 1 saturated heterocycles. The molecule has 1 fully saturated rings. The quantitative estimate of drug-likeness (QED) is 0.743. The average Bonchev–Trinajstić information content (AvgIpc) is 3.09. The van der Waals surface area contributed by atoms with E-state index in [1.807, 2.05) is 59.5 Å². The van der Waals surface area contributed by atoms with Crippen molar-refractivity contribution < 1.29 is 14.3 Å². The summed E-state index contributed by atoms with van der Waals surface area (Å²) in [4.78, 5) is 25.9. The summed E-state index contributed by atoms with van der Waals surface area (Å²) in [7, 11) is 0. The highest BCUT2D eigenvalue weighted by molar-refractivity contribution is 5.95. The summed E-state index contributed by atoms with van der Waals surface area (Å²) in [6.07, 6.45) is 2.36. The van der Waals surface area contributed by atoms with E-state index in [0.717, 1.165) is 30.7 Å². The van der Waals surface area contributed by atoms with Gasteiger partial charge in [-0.3, -0.25) is 9.59 Å². The van der Waals surface area contributed by atoms with Crippen LogP contribution in [0.5, 0.6) is 5.75 Å². The lowest BCUT2D eigenvalue weighted by Gasteiger charge is -2.15. The van der Waals surface area contributed by atoms with Gasteiger partial charge in [0.15, 0.2) is 0 Å². The molecule has 5 heteroatoms. The fourth-order valence-corrected chi connectivity index (χ4v) is 3.05. The third-order valence-corrected chi connectivity index (χ3v) is 4.46. The zero-order chi connectivity index (χ0) is 18.2. The second-order valence-electron chi connectivity index (χ2n) is 6.35. The van der Waals surface area contributed by atoms with Gasteiger partial charge < -0.3 is 15.0 Å². The summed E-state index contributed by atoms with van der Waals surface area (Å²) in [5.41, 5.74) is 1.48. The van der Waals surface area contributed by atoms with Crippen LogP contribution in [-0.4, -0.2) is 36.3 Å². The van der Waals surface area contributed by atoms with Crippen LogP contribution in [0, 0.1) is 0 Å². The van der Waals surface area contributed by atoms with Crippen LogP contribution in [0.2, 0.25) is 0 Å². The fourth-order valence-electron chi connectivity index (χ4n) is 3.05. The highest BCUT2D eigenvalue weighted by Gasteiger charge is 2.19. The highest BCUT2D eigenvalue weighted by atomic mass is 16.5. The molecule has 1 aliphatic rings. The van der Waals surface area contributed by atoms with Crippen molar-refractivity contribution in [2.75, 3.05) is 19.6 Å². The van der Waals surface area contributed by atoms with Crippen LogP contribution < -0.4 is 10.1 Å². The number of carbonyl (C=O) groups excluding carboxylic acids is 2. The van der Waals surface area contributed by atoms with E-state index in [0.29, 0.717) is 31.7 Å². The Labute approximate surface area is 154 Å². The Kier molecular flexibility index (Phi) is 6.25. The predicted octanol–water partition coefficient (Wildman–Crippen LogP) is 3.01. The van der Waals surface area contributed by atoms with E-state index in [1.54, 1.807) is 0 Å². The molecule has 0 bridgehead atoms. The van der Waals surface area contributed by atoms with Crippen LogP contribution >= 0.6 is 0 Å². The van der Waals surface area contributed by atoms with Gasteiger partial charge in [-0.1, -0.05) is 36.4 Å². The molecule has 2 aromatic rings. The van der Waals surface area contributed by atoms with Gasteiger partial charge in [0, 0.05) is 37.2 Å². The molecule has 2 amide bonds. The minimum atomic E-state index is -0.106. The van der Waals surface area contributed by atoms with Crippen molar-refractivity contribution in [2.24, 2.45) is 0 Å². The van der Waals surface area contributed by atoms with E-state index in [1.165, 1.54) is 0 Å². The topological polar surface area (TPSA) is 58.6 Å². The molecule has 0 spiro atoms. The molecule has 0 atom stereocenters. The molecule has 0 saturated carbocycles. The molecule has 136 valence electrons. The Balaban J connectivity index is 1.49. The van der Waals surface area contributed by atoms with Gasteiger partial charge in [0.2, 0.25) is 5.91 Å². The van der Waals surface area contributed by atoms with Crippen molar-refractivity contribution in [1.29, 1.82) is 0 Å². The van der Waals surface area contributed by atoms with E-state index in [4.69, 9.17) is 4.74 Å². The summed E-state index contributed by atoms with van der Waals surface area (Å²) in [5.74, 6) is 0.891. The van der Waals surface area contributed by atoms with Gasteiger partial charge in [0.05, 0.1) is 0 Å². The molecule has 0 aliphatic carbocycles. The van der Waals surface area contributed by atoms with Crippen LogP contribution in [0.15, 0.2) is 54.6 Å². The van der Waals surface area contributed by atoms with Crippen molar-refractivity contribution in [3.63, 3.8) is 0 Å². The Morgan fingerprint density at radius 1 is 1.08 bits per heavy atom. The second kappa shape index (κ2) is 9.04. The van der Waals surface area contributed by atoms with Crippen molar-refractivity contribution in [1.82, 2.24) is 10.2 Å². The normalized spacial score (nSPS) is 13.7. The van der Waals surface area contributed by atoms with Crippen LogP contribution in [0.4, 0.5) is 0 Å². The first kappa shape index (κ1) is 18.0. The smallest absolute Gasteiger partial charge is 0.251 e. The summed E-state index contributed by atoms with van der Waals surface area (Å²) in [6, 6.07) is 17.0. The van der Waals surface area contributed by atoms with Crippen molar-refractivity contribution in [2.45, 2.75) is 25.9 Å². The number of amides is 2. The average molecular weight is 352 g/mol. The van der Waals surface area contributed by atoms with Gasteiger partial charge >= 0.3 is 0 Å². The lowest BCUT2D eigenvalue weighted by Crippen LogP contribution is -2.31. The van der Waals surface area contributed by atoms with Gasteiger partial charge in [-0.25, -0.2) is 0 Å². The number of para-hydroxylation sites is 1. The number of benzene rings is 2. The van der Waals surface area contributed by atoms with Gasteiger partial charge in [0.1, 0.15) is 12.4 Å². The molecule has 1 heterocycles. The number of carbonyl (C=O) groups is 2. The molecule has 5 nitrogen and oxygen atoms in total. The molecule has 1 aliphatic heterocycles. The molecular formula is C21H24N2O3. The summed E-state index contributed by atoms with van der Waals surface area (Å²) in [5, 5.41) is 2.94. The van der Waals surface area contributed by atoms with Gasteiger partial charge in [-0.2, -0.15) is 0 Å². The number of hydrogen-bond acceptors (Lipinski definition) is 3. The minimum Gasteiger partial charge on any atom is -0.489 e. The zero-order valence-corrected chi connectivity index (χ0v) is 14.8. The maximum atomic E-state index is 12.5. The first-order valence-electron chi connectivity index (χ1n) is 9.06. The molecule has 26 heavy (non-hydrogen) atoms. The molecule has 1 N–H and O–H groups in total. The number of nitrogens with zero attached hydrogens (tertiary/aromatic N) is 1. The SMILES string of the molecule is O=C(NCCCN1CCCC1=O)c1ccccc1COc1ccccc1. The van der Waals surface area contributed by atoms with Gasteiger partial charge in [-0.05, 0) is 31.0 Å². The second-order valence-corrected chi connectivity index (χ2v) is 6.35. The Morgan fingerprint density at radius 3 is 2.62 bits per heavy atom. The third kappa shape index (κ3) is 4.85. The van der Waals surface area contributed by atoms with Gasteiger partial charge in [-0.15, -0.1) is 0 Å². The Hall–Kier alpha value is -2.82. The van der Waals surface area contributed by atoms with Crippen LogP contribution in [0.25, 0.3) is 0 Å². The standard InChI is InChI=1S/C21H24N2O3/c24-20-12-6-14-23(20)15-7-13-22-21(25)19-11-5-4-8-17(19)16-26-18-9-2-1-3-10-18/h1-5,8-11H,6-7,12-16H2,(H,22,25). The highest BCUT2D eigenvalue weighted by Crippen LogP contribution is 2.15. The lowest BCUT2D eigenvalue weighted by atomic mass is 10.1. The lowest BCUT2D eigenvalue weighted by molar-refractivity contribution is -0.127. The van der Waals surface area contributed by atoms with Crippen molar-refractivity contribution in [3.05, 3.63) is 65.7 Å². The first-order chi connectivity index (χ1) is 12.7. The third-order valence-electron chi connectivity index (χ3n) is 4.46. The molecule has 0 radical (unpaired) electrons. The molecule has 2 aromatic carbocycles. The van der Waals surface area contributed by atoms with E-state index >= 15 is 0 Å². The fraction of sp³-hybridized carbons (Fsp3) is 0.333. The molecule has 3 rings (SSSR count). The Morgan fingerprint density at radius 2 is 1.85 bits per heavy atom. The van der Waals surface area contributed by atoms with Gasteiger partial charge in [0.25, 0.3) is 5.91 Å². The maximum absolute atomic E-state index is 12.5. The van der Waals surface area contributed by atoms with Crippen molar-refractivity contribution in [3.8, 4) is 5.75 Å². The predicted molar refractivity (Wildman–Crippen MR) is 100.0 cm³/mol. The van der Waals surface area contributed by atoms with E-state index in [-0.39, 0.29) is 11.8 Å². The van der Waals surface area contributed by atoms with E-state index in [2.05, 4.69) is 5.32 Å². The van der Waals surface area contributed by atoms with E-state index < -0.39 is 0 Å². The number of rotatable bonds is 8. The van der Waals surface area contributed by atoms with E-state index in [9.17, 15) is 9.59 Å². The number of hydrogen-bond donors (Lipinski definition) is 1. The largest absolute Gasteiger partial charge is 0.489 e. The summed E-state index contributed by atoms with van der Waals surface area (Å²) >= 11 is 0. The minimum absolute atomic E-state index is 0.106. The maximum Gasteiger partial charge on any atom is 0.251 e. The van der Waals surface area contributed by atoms with Crippen LogP contribution in [-0.2, 0) is 11.4 Å². The Bertz CT molecular complexity index is 746. The molecule has 0 unspecified atom stereocenters. The summed E-state index contributed by atoms with van der Waals surface area (Å²) < 4.78 is 5.76. The number of nitrogens with one attached hydrogen (secondary N) is 1. The molecular weight excluding hydrogens is 328 g/mol. The zero-order valence-electron chi connectivity index (χ0n) is 14.8. The number of likely N-dealkylation sites (tertiary alicyclic amines) is 1. The van der Waals surface area contributed by atoms with Crippen molar-refractivity contribution >= 4 is 11.8 Å². The van der Waals surface area contributed by atoms with Crippen LogP contribution in [0.3, 0.4) is 0 Å². The monoisotopic (exact) mass is 352 g/mol. The first-order valence-corrected chi connectivity index (χ1v) is 9.06.